The number of nitro benzene ring substituents is 1. The first-order valence-corrected chi connectivity index (χ1v) is 5.73. The van der Waals surface area contributed by atoms with Crippen LogP contribution in [0.2, 0.25) is 0 Å². The van der Waals surface area contributed by atoms with Crippen LogP contribution in [0.4, 0.5) is 17.1 Å². The summed E-state index contributed by atoms with van der Waals surface area (Å²) in [5, 5.41) is 13.3. The number of benzene rings is 1. The predicted molar refractivity (Wildman–Crippen MR) is 71.0 cm³/mol. The Morgan fingerprint density at radius 3 is 2.67 bits per heavy atom. The van der Waals surface area contributed by atoms with Gasteiger partial charge in [-0.05, 0) is 12.5 Å². The molecule has 0 heterocycles. The molecule has 6 heteroatoms. The largest absolute Gasteiger partial charge is 0.373 e. The zero-order valence-corrected chi connectivity index (χ0v) is 10.8. The van der Waals surface area contributed by atoms with E-state index in [0.717, 1.165) is 18.7 Å². The quantitative estimate of drug-likeness (QED) is 0.644. The van der Waals surface area contributed by atoms with E-state index in [0.29, 0.717) is 5.69 Å². The molecule has 6 nitrogen and oxygen atoms in total. The first-order valence-electron chi connectivity index (χ1n) is 5.73. The Morgan fingerprint density at radius 2 is 2.17 bits per heavy atom. The summed E-state index contributed by atoms with van der Waals surface area (Å²) < 4.78 is 0. The van der Waals surface area contributed by atoms with Crippen molar-refractivity contribution in [3.8, 4) is 0 Å². The van der Waals surface area contributed by atoms with Gasteiger partial charge in [0.15, 0.2) is 0 Å². The van der Waals surface area contributed by atoms with E-state index in [1.165, 1.54) is 19.1 Å². The molecule has 0 bridgehead atoms. The predicted octanol–water partition coefficient (Wildman–Crippen LogP) is 2.40. The standard InChI is InChI=1S/C12H17N3O3/c1-4-7-14(3)12-6-5-10(15(17)18)8-11(12)13-9(2)16/h5-6,8H,4,7H2,1-3H3,(H,13,16). The topological polar surface area (TPSA) is 75.5 Å². The van der Waals surface area contributed by atoms with Crippen molar-refractivity contribution in [1.29, 1.82) is 0 Å². The van der Waals surface area contributed by atoms with E-state index in [9.17, 15) is 14.9 Å². The van der Waals surface area contributed by atoms with Gasteiger partial charge in [-0.2, -0.15) is 0 Å². The summed E-state index contributed by atoms with van der Waals surface area (Å²) in [6.45, 7) is 4.23. The molecule has 0 aliphatic carbocycles. The molecule has 1 N–H and O–H groups in total. The Hall–Kier alpha value is -2.11. The van der Waals surface area contributed by atoms with Crippen molar-refractivity contribution in [2.24, 2.45) is 0 Å². The number of non-ortho nitro benzene ring substituents is 1. The smallest absolute Gasteiger partial charge is 0.271 e. The van der Waals surface area contributed by atoms with E-state index in [2.05, 4.69) is 5.32 Å². The molecule has 0 aliphatic rings. The maximum absolute atomic E-state index is 11.1. The number of nitro groups is 1. The maximum atomic E-state index is 11.1. The van der Waals surface area contributed by atoms with Crippen LogP contribution in [0.1, 0.15) is 20.3 Å². The van der Waals surface area contributed by atoms with E-state index in [-0.39, 0.29) is 11.6 Å². The van der Waals surface area contributed by atoms with E-state index in [4.69, 9.17) is 0 Å². The van der Waals surface area contributed by atoms with Crippen LogP contribution in [0.15, 0.2) is 18.2 Å². The van der Waals surface area contributed by atoms with Gasteiger partial charge in [0.2, 0.25) is 5.91 Å². The molecule has 1 aromatic carbocycles. The number of carbonyl (C=O) groups excluding carboxylic acids is 1. The van der Waals surface area contributed by atoms with Crippen LogP contribution in [0.3, 0.4) is 0 Å². The molecule has 98 valence electrons. The average Bonchev–Trinajstić information content (AvgIpc) is 2.28. The Morgan fingerprint density at radius 1 is 1.50 bits per heavy atom. The van der Waals surface area contributed by atoms with Crippen LogP contribution in [0.5, 0.6) is 0 Å². The average molecular weight is 251 g/mol. The third-order valence-corrected chi connectivity index (χ3v) is 2.47. The van der Waals surface area contributed by atoms with Crippen molar-refractivity contribution < 1.29 is 9.72 Å². The Bertz CT molecular complexity index is 460. The van der Waals surface area contributed by atoms with E-state index >= 15 is 0 Å². The number of nitrogens with one attached hydrogen (secondary N) is 1. The zero-order chi connectivity index (χ0) is 13.7. The lowest BCUT2D eigenvalue weighted by molar-refractivity contribution is -0.384. The van der Waals surface area contributed by atoms with Crippen molar-refractivity contribution in [1.82, 2.24) is 0 Å². The van der Waals surface area contributed by atoms with E-state index in [1.807, 2.05) is 18.9 Å². The third kappa shape index (κ3) is 3.44. The molecule has 0 saturated heterocycles. The summed E-state index contributed by atoms with van der Waals surface area (Å²) in [5.74, 6) is -0.248. The number of anilines is 2. The molecule has 1 rings (SSSR count). The van der Waals surface area contributed by atoms with Crippen LogP contribution in [0, 0.1) is 10.1 Å². The molecule has 0 spiro atoms. The summed E-state index contributed by atoms with van der Waals surface area (Å²) in [5.41, 5.74) is 1.21. The van der Waals surface area contributed by atoms with Gasteiger partial charge in [-0.25, -0.2) is 0 Å². The van der Waals surface area contributed by atoms with Crippen molar-refractivity contribution in [3.05, 3.63) is 28.3 Å². The SMILES string of the molecule is CCCN(C)c1ccc([N+](=O)[O-])cc1NC(C)=O. The first kappa shape index (κ1) is 14.0. The van der Waals surface area contributed by atoms with E-state index < -0.39 is 4.92 Å². The van der Waals surface area contributed by atoms with Gasteiger partial charge >= 0.3 is 0 Å². The summed E-state index contributed by atoms with van der Waals surface area (Å²) in [7, 11) is 1.88. The highest BCUT2D eigenvalue weighted by Crippen LogP contribution is 2.29. The second-order valence-electron chi connectivity index (χ2n) is 4.06. The lowest BCUT2D eigenvalue weighted by Gasteiger charge is -2.21. The normalized spacial score (nSPS) is 9.94. The highest BCUT2D eigenvalue weighted by atomic mass is 16.6. The number of hydrogen-bond acceptors (Lipinski definition) is 4. The zero-order valence-electron chi connectivity index (χ0n) is 10.8. The molecule has 1 amide bonds. The summed E-state index contributed by atoms with van der Waals surface area (Å²) in [6.07, 6.45) is 0.951. The molecule has 0 saturated carbocycles. The molecule has 1 aromatic rings. The molecule has 0 aliphatic heterocycles. The van der Waals surface area contributed by atoms with Gasteiger partial charge in [0.1, 0.15) is 0 Å². The van der Waals surface area contributed by atoms with Crippen LogP contribution in [-0.4, -0.2) is 24.4 Å². The molecule has 0 unspecified atom stereocenters. The van der Waals surface area contributed by atoms with E-state index in [1.54, 1.807) is 6.07 Å². The molecular formula is C12H17N3O3. The molecule has 18 heavy (non-hydrogen) atoms. The van der Waals surface area contributed by atoms with Crippen molar-refractivity contribution in [3.63, 3.8) is 0 Å². The number of nitrogens with zero attached hydrogens (tertiary/aromatic N) is 2. The fraction of sp³-hybridized carbons (Fsp3) is 0.417. The van der Waals surface area contributed by atoms with Gasteiger partial charge < -0.3 is 10.2 Å². The fourth-order valence-electron chi connectivity index (χ4n) is 1.72. The summed E-state index contributed by atoms with van der Waals surface area (Å²) in [4.78, 5) is 23.3. The van der Waals surface area contributed by atoms with Gasteiger partial charge in [-0.3, -0.25) is 14.9 Å². The van der Waals surface area contributed by atoms with Gasteiger partial charge in [-0.1, -0.05) is 6.92 Å². The molecule has 0 fully saturated rings. The number of rotatable bonds is 5. The second kappa shape index (κ2) is 6.00. The Kier molecular flexibility index (Phi) is 4.65. The number of carbonyl (C=O) groups is 1. The van der Waals surface area contributed by atoms with Gasteiger partial charge in [0, 0.05) is 32.6 Å². The van der Waals surface area contributed by atoms with Crippen LogP contribution in [0.25, 0.3) is 0 Å². The number of amides is 1. The monoisotopic (exact) mass is 251 g/mol. The molecule has 0 aromatic heterocycles. The maximum Gasteiger partial charge on any atom is 0.271 e. The van der Waals surface area contributed by atoms with Gasteiger partial charge in [0.05, 0.1) is 16.3 Å². The van der Waals surface area contributed by atoms with Crippen molar-refractivity contribution >= 4 is 23.0 Å². The minimum Gasteiger partial charge on any atom is -0.373 e. The minimum absolute atomic E-state index is 0.0348. The van der Waals surface area contributed by atoms with Crippen LogP contribution < -0.4 is 10.2 Å². The van der Waals surface area contributed by atoms with Gasteiger partial charge in [0.25, 0.3) is 5.69 Å². The summed E-state index contributed by atoms with van der Waals surface area (Å²) in [6, 6.07) is 4.47. The fourth-order valence-corrected chi connectivity index (χ4v) is 1.72. The third-order valence-electron chi connectivity index (χ3n) is 2.47. The first-order chi connectivity index (χ1) is 8.45. The summed E-state index contributed by atoms with van der Waals surface area (Å²) >= 11 is 0. The molecule has 0 radical (unpaired) electrons. The van der Waals surface area contributed by atoms with Crippen LogP contribution >= 0.6 is 0 Å². The highest BCUT2D eigenvalue weighted by Gasteiger charge is 2.14. The minimum atomic E-state index is -0.477. The number of hydrogen-bond donors (Lipinski definition) is 1. The second-order valence-corrected chi connectivity index (χ2v) is 4.06. The Labute approximate surface area is 106 Å². The highest BCUT2D eigenvalue weighted by molar-refractivity contribution is 5.93. The molecule has 0 atom stereocenters. The van der Waals surface area contributed by atoms with Crippen molar-refractivity contribution in [2.45, 2.75) is 20.3 Å². The lowest BCUT2D eigenvalue weighted by atomic mass is 10.2. The van der Waals surface area contributed by atoms with Gasteiger partial charge in [-0.15, -0.1) is 0 Å². The molecular weight excluding hydrogens is 234 g/mol. The van der Waals surface area contributed by atoms with Crippen molar-refractivity contribution in [2.75, 3.05) is 23.8 Å². The Balaban J connectivity index is 3.15. The van der Waals surface area contributed by atoms with Crippen LogP contribution in [-0.2, 0) is 4.79 Å². The lowest BCUT2D eigenvalue weighted by Crippen LogP contribution is -2.20.